The minimum Gasteiger partial charge on any atom is -0.480 e. The number of hydrogen-bond donors (Lipinski definition) is 4. The lowest BCUT2D eigenvalue weighted by molar-refractivity contribution is -0.142. The molecule has 0 aliphatic carbocycles. The number of amides is 3. The molecule has 0 saturated carbocycles. The normalized spacial score (nSPS) is 26.4. The lowest BCUT2D eigenvalue weighted by Crippen LogP contribution is -2.40. The van der Waals surface area contributed by atoms with Crippen LogP contribution in [0, 0.1) is 0 Å². The Morgan fingerprint density at radius 3 is 2.83 bits per heavy atom. The minimum atomic E-state index is -0.963. The molecule has 7 nitrogen and oxygen atoms in total. The van der Waals surface area contributed by atoms with Crippen molar-refractivity contribution in [2.75, 3.05) is 5.75 Å². The smallest absolute Gasteiger partial charge is 0.326 e. The molecule has 2 saturated heterocycles. The van der Waals surface area contributed by atoms with Crippen LogP contribution >= 0.6 is 11.8 Å². The van der Waals surface area contributed by atoms with E-state index in [1.54, 1.807) is 0 Å². The quantitative estimate of drug-likeness (QED) is 0.350. The lowest BCUT2D eigenvalue weighted by atomic mass is 10.0. The molecule has 0 unspecified atom stereocenters. The van der Waals surface area contributed by atoms with Crippen LogP contribution in [0.5, 0.6) is 0 Å². The first kappa shape index (κ1) is 18.9. The van der Waals surface area contributed by atoms with E-state index in [1.807, 2.05) is 18.7 Å². The molecular formula is C16H27N3O4S. The SMILES string of the molecule is CCCC[C@H](NC(=O)CCCC[C@@H]1SC[C@@H]2NC(=O)N[C@@H]21)C(=O)O. The van der Waals surface area contributed by atoms with Crippen LogP contribution in [0.15, 0.2) is 0 Å². The van der Waals surface area contributed by atoms with Crippen molar-refractivity contribution in [3.05, 3.63) is 0 Å². The van der Waals surface area contributed by atoms with Crippen LogP contribution in [0.25, 0.3) is 0 Å². The van der Waals surface area contributed by atoms with Crippen LogP contribution in [-0.4, -0.2) is 52.1 Å². The average Bonchev–Trinajstić information content (AvgIpc) is 3.07. The predicted octanol–water partition coefficient (Wildman–Crippen LogP) is 1.47. The molecule has 0 aromatic carbocycles. The number of fused-ring (bicyclic) bond motifs is 1. The summed E-state index contributed by atoms with van der Waals surface area (Å²) in [6.07, 6.45) is 5.13. The zero-order valence-corrected chi connectivity index (χ0v) is 14.9. The summed E-state index contributed by atoms with van der Waals surface area (Å²) in [6.45, 7) is 1.99. The van der Waals surface area contributed by atoms with E-state index in [-0.39, 0.29) is 24.0 Å². The average molecular weight is 357 g/mol. The Labute approximate surface area is 146 Å². The summed E-state index contributed by atoms with van der Waals surface area (Å²) in [4.78, 5) is 34.3. The van der Waals surface area contributed by atoms with E-state index >= 15 is 0 Å². The van der Waals surface area contributed by atoms with Gasteiger partial charge in [0.1, 0.15) is 6.04 Å². The van der Waals surface area contributed by atoms with Crippen molar-refractivity contribution in [3.8, 4) is 0 Å². The summed E-state index contributed by atoms with van der Waals surface area (Å²) < 4.78 is 0. The van der Waals surface area contributed by atoms with Gasteiger partial charge in [-0.3, -0.25) is 4.79 Å². The third kappa shape index (κ3) is 5.29. The minimum absolute atomic E-state index is 0.0820. The number of carboxylic acid groups (broad SMARTS) is 1. The summed E-state index contributed by atoms with van der Waals surface area (Å²) in [5, 5.41) is 18.0. The molecule has 136 valence electrons. The monoisotopic (exact) mass is 357 g/mol. The number of thioether (sulfide) groups is 1. The molecule has 3 amide bonds. The molecule has 0 spiro atoms. The molecule has 2 aliphatic rings. The molecule has 0 aromatic heterocycles. The molecule has 4 N–H and O–H groups in total. The molecule has 0 radical (unpaired) electrons. The van der Waals surface area contributed by atoms with Crippen LogP contribution in [0.3, 0.4) is 0 Å². The first-order valence-corrected chi connectivity index (χ1v) is 9.77. The molecule has 0 bridgehead atoms. The standard InChI is InChI=1S/C16H27N3O4S/c1-2-3-6-10(15(21)22)17-13(20)8-5-4-7-12-14-11(9-24-12)18-16(23)19-14/h10-12,14H,2-9H2,1H3,(H,17,20)(H,21,22)(H2,18,19,23)/t10-,11-,12-,14-/m0/s1. The highest BCUT2D eigenvalue weighted by atomic mass is 32.2. The fraction of sp³-hybridized carbons (Fsp3) is 0.812. The van der Waals surface area contributed by atoms with Gasteiger partial charge >= 0.3 is 12.0 Å². The van der Waals surface area contributed by atoms with Gasteiger partial charge in [0.15, 0.2) is 0 Å². The Bertz CT molecular complexity index is 474. The number of carbonyl (C=O) groups excluding carboxylic acids is 2. The first-order chi connectivity index (χ1) is 11.5. The maximum Gasteiger partial charge on any atom is 0.326 e. The number of hydrogen-bond acceptors (Lipinski definition) is 4. The van der Waals surface area contributed by atoms with Crippen LogP contribution in [0.1, 0.15) is 51.9 Å². The van der Waals surface area contributed by atoms with Gasteiger partial charge in [-0.15, -0.1) is 0 Å². The third-order valence-corrected chi connectivity index (χ3v) is 6.07. The molecule has 2 fully saturated rings. The van der Waals surface area contributed by atoms with Crippen molar-refractivity contribution in [2.24, 2.45) is 0 Å². The van der Waals surface area contributed by atoms with Crippen LogP contribution in [0.2, 0.25) is 0 Å². The van der Waals surface area contributed by atoms with Gasteiger partial charge in [0.25, 0.3) is 0 Å². The topological polar surface area (TPSA) is 108 Å². The number of rotatable bonds is 10. The summed E-state index contributed by atoms with van der Waals surface area (Å²) in [5.74, 6) is -0.215. The molecular weight excluding hydrogens is 330 g/mol. The van der Waals surface area contributed by atoms with E-state index in [2.05, 4.69) is 16.0 Å². The zero-order chi connectivity index (χ0) is 17.5. The maximum absolute atomic E-state index is 11.9. The zero-order valence-electron chi connectivity index (χ0n) is 14.0. The van der Waals surface area contributed by atoms with Gasteiger partial charge in [0, 0.05) is 17.4 Å². The number of carboxylic acids is 1. The highest BCUT2D eigenvalue weighted by Crippen LogP contribution is 2.33. The molecule has 2 heterocycles. The highest BCUT2D eigenvalue weighted by Gasteiger charge is 2.42. The van der Waals surface area contributed by atoms with E-state index in [4.69, 9.17) is 5.11 Å². The van der Waals surface area contributed by atoms with Crippen molar-refractivity contribution >= 4 is 29.7 Å². The largest absolute Gasteiger partial charge is 0.480 e. The van der Waals surface area contributed by atoms with E-state index in [1.165, 1.54) is 0 Å². The number of unbranched alkanes of at least 4 members (excludes halogenated alkanes) is 2. The van der Waals surface area contributed by atoms with Gasteiger partial charge in [0.2, 0.25) is 5.91 Å². The highest BCUT2D eigenvalue weighted by molar-refractivity contribution is 8.00. The Kier molecular flexibility index (Phi) is 7.20. The summed E-state index contributed by atoms with van der Waals surface area (Å²) in [5.41, 5.74) is 0. The van der Waals surface area contributed by atoms with Crippen molar-refractivity contribution in [1.82, 2.24) is 16.0 Å². The predicted molar refractivity (Wildman–Crippen MR) is 93.0 cm³/mol. The Morgan fingerprint density at radius 1 is 1.33 bits per heavy atom. The fourth-order valence-corrected chi connectivity index (χ4v) is 4.75. The summed E-state index contributed by atoms with van der Waals surface area (Å²) >= 11 is 1.86. The van der Waals surface area contributed by atoms with Gasteiger partial charge < -0.3 is 21.1 Å². The summed E-state index contributed by atoms with van der Waals surface area (Å²) in [6, 6.07) is -0.433. The van der Waals surface area contributed by atoms with Crippen molar-refractivity contribution in [2.45, 2.75) is 75.2 Å². The fourth-order valence-electron chi connectivity index (χ4n) is 3.21. The third-order valence-electron chi connectivity index (χ3n) is 4.56. The Balaban J connectivity index is 1.62. The van der Waals surface area contributed by atoms with E-state index in [0.29, 0.717) is 18.1 Å². The van der Waals surface area contributed by atoms with Crippen LogP contribution in [-0.2, 0) is 9.59 Å². The second-order valence-corrected chi connectivity index (χ2v) is 7.74. The van der Waals surface area contributed by atoms with Crippen LogP contribution < -0.4 is 16.0 Å². The number of carbonyl (C=O) groups is 3. The van der Waals surface area contributed by atoms with Gasteiger partial charge in [-0.05, 0) is 19.3 Å². The van der Waals surface area contributed by atoms with E-state index in [9.17, 15) is 14.4 Å². The second-order valence-electron chi connectivity index (χ2n) is 6.47. The number of aliphatic carboxylic acids is 1. The first-order valence-electron chi connectivity index (χ1n) is 8.72. The Morgan fingerprint density at radius 2 is 2.12 bits per heavy atom. The van der Waals surface area contributed by atoms with Gasteiger partial charge in [-0.1, -0.05) is 26.2 Å². The molecule has 8 heteroatoms. The molecule has 4 atom stereocenters. The summed E-state index contributed by atoms with van der Waals surface area (Å²) in [7, 11) is 0. The van der Waals surface area contributed by atoms with E-state index < -0.39 is 12.0 Å². The Hall–Kier alpha value is -1.44. The second kappa shape index (κ2) is 9.15. The molecule has 2 aliphatic heterocycles. The van der Waals surface area contributed by atoms with Gasteiger partial charge in [-0.2, -0.15) is 11.8 Å². The number of urea groups is 1. The van der Waals surface area contributed by atoms with Crippen LogP contribution in [0.4, 0.5) is 4.79 Å². The van der Waals surface area contributed by atoms with Crippen molar-refractivity contribution < 1.29 is 19.5 Å². The lowest BCUT2D eigenvalue weighted by Gasteiger charge is -2.17. The maximum atomic E-state index is 11.9. The van der Waals surface area contributed by atoms with Gasteiger partial charge in [0.05, 0.1) is 12.1 Å². The van der Waals surface area contributed by atoms with E-state index in [0.717, 1.165) is 37.9 Å². The molecule has 2 rings (SSSR count). The van der Waals surface area contributed by atoms with Crippen molar-refractivity contribution in [1.29, 1.82) is 0 Å². The van der Waals surface area contributed by atoms with Crippen molar-refractivity contribution in [3.63, 3.8) is 0 Å². The number of nitrogens with one attached hydrogen (secondary N) is 3. The molecule has 24 heavy (non-hydrogen) atoms. The van der Waals surface area contributed by atoms with Gasteiger partial charge in [-0.25, -0.2) is 9.59 Å². The molecule has 0 aromatic rings.